The molecule has 0 aliphatic rings. The summed E-state index contributed by atoms with van der Waals surface area (Å²) >= 11 is 0. The van der Waals surface area contributed by atoms with E-state index in [4.69, 9.17) is 4.98 Å². The fourth-order valence-electron chi connectivity index (χ4n) is 4.13. The summed E-state index contributed by atoms with van der Waals surface area (Å²) in [5.74, 6) is 0. The van der Waals surface area contributed by atoms with Crippen molar-refractivity contribution in [1.29, 1.82) is 0 Å². The van der Waals surface area contributed by atoms with Crippen molar-refractivity contribution < 1.29 is 0 Å². The summed E-state index contributed by atoms with van der Waals surface area (Å²) in [6.07, 6.45) is 16.2. The van der Waals surface area contributed by atoms with Gasteiger partial charge < -0.3 is 0 Å². The number of pyridine rings is 1. The summed E-state index contributed by atoms with van der Waals surface area (Å²) in [4.78, 5) is 4.70. The van der Waals surface area contributed by atoms with Gasteiger partial charge in [-0.25, -0.2) is 0 Å². The van der Waals surface area contributed by atoms with Gasteiger partial charge in [-0.3, -0.25) is 4.98 Å². The second-order valence-electron chi connectivity index (χ2n) is 8.79. The molecule has 2 aromatic carbocycles. The zero-order valence-corrected chi connectivity index (χ0v) is 19.6. The Bertz CT molecular complexity index is 860. The maximum atomic E-state index is 4.70. The van der Waals surface area contributed by atoms with Gasteiger partial charge in [0.05, 0.1) is 0 Å². The SMILES string of the molecule is CCCCCCCc1ccc(-c2ccc(-c3ccc(CCCCCC)cc3)cc2)cn1. The lowest BCUT2D eigenvalue weighted by molar-refractivity contribution is 0.628. The Morgan fingerprint density at radius 2 is 0.968 bits per heavy atom. The molecule has 0 aliphatic heterocycles. The predicted octanol–water partition coefficient (Wildman–Crippen LogP) is 9.05. The first-order valence-corrected chi connectivity index (χ1v) is 12.4. The van der Waals surface area contributed by atoms with Crippen LogP contribution in [0.1, 0.15) is 82.9 Å². The molecule has 1 heterocycles. The van der Waals surface area contributed by atoms with E-state index in [2.05, 4.69) is 74.5 Å². The van der Waals surface area contributed by atoms with Crippen LogP contribution in [-0.4, -0.2) is 4.98 Å². The lowest BCUT2D eigenvalue weighted by Gasteiger charge is -2.07. The molecule has 0 saturated carbocycles. The molecular formula is C30H39N. The number of rotatable bonds is 13. The third-order valence-electron chi connectivity index (χ3n) is 6.19. The predicted molar refractivity (Wildman–Crippen MR) is 135 cm³/mol. The Balaban J connectivity index is 1.53. The highest BCUT2D eigenvalue weighted by Gasteiger charge is 2.03. The van der Waals surface area contributed by atoms with Gasteiger partial charge >= 0.3 is 0 Å². The lowest BCUT2D eigenvalue weighted by Crippen LogP contribution is -1.91. The lowest BCUT2D eigenvalue weighted by atomic mass is 9.99. The van der Waals surface area contributed by atoms with E-state index in [1.165, 1.54) is 97.7 Å². The molecule has 0 fully saturated rings. The molecule has 1 heteroatoms. The van der Waals surface area contributed by atoms with Crippen molar-refractivity contribution in [2.75, 3.05) is 0 Å². The first-order valence-electron chi connectivity index (χ1n) is 12.4. The minimum atomic E-state index is 1.09. The van der Waals surface area contributed by atoms with Gasteiger partial charge in [0, 0.05) is 17.5 Å². The van der Waals surface area contributed by atoms with Gasteiger partial charge in [0.25, 0.3) is 0 Å². The van der Waals surface area contributed by atoms with Crippen LogP contribution in [0.25, 0.3) is 22.3 Å². The summed E-state index contributed by atoms with van der Waals surface area (Å²) < 4.78 is 0. The van der Waals surface area contributed by atoms with Crippen LogP contribution in [0.5, 0.6) is 0 Å². The second kappa shape index (κ2) is 13.1. The van der Waals surface area contributed by atoms with Crippen molar-refractivity contribution in [3.8, 4) is 22.3 Å². The minimum Gasteiger partial charge on any atom is -0.261 e. The largest absolute Gasteiger partial charge is 0.261 e. The molecule has 0 atom stereocenters. The van der Waals surface area contributed by atoms with E-state index in [1.807, 2.05) is 6.20 Å². The van der Waals surface area contributed by atoms with Crippen molar-refractivity contribution in [3.05, 3.63) is 78.1 Å². The Morgan fingerprint density at radius 3 is 1.55 bits per heavy atom. The summed E-state index contributed by atoms with van der Waals surface area (Å²) in [6, 6.07) is 22.4. The van der Waals surface area contributed by atoms with Gasteiger partial charge in [-0.05, 0) is 54.0 Å². The molecule has 1 aromatic heterocycles. The fraction of sp³-hybridized carbons (Fsp3) is 0.433. The van der Waals surface area contributed by atoms with Crippen LogP contribution in [0.3, 0.4) is 0 Å². The first kappa shape index (κ1) is 23.3. The highest BCUT2D eigenvalue weighted by Crippen LogP contribution is 2.25. The zero-order valence-electron chi connectivity index (χ0n) is 19.6. The van der Waals surface area contributed by atoms with E-state index in [9.17, 15) is 0 Å². The smallest absolute Gasteiger partial charge is 0.0404 e. The molecule has 0 amide bonds. The van der Waals surface area contributed by atoms with E-state index in [0.717, 1.165) is 6.42 Å². The summed E-state index contributed by atoms with van der Waals surface area (Å²) in [5, 5.41) is 0. The molecule has 0 spiro atoms. The van der Waals surface area contributed by atoms with Crippen LogP contribution in [0.4, 0.5) is 0 Å². The molecule has 0 unspecified atom stereocenters. The highest BCUT2D eigenvalue weighted by atomic mass is 14.7. The molecular weight excluding hydrogens is 374 g/mol. The van der Waals surface area contributed by atoms with Crippen LogP contribution in [0.2, 0.25) is 0 Å². The fourth-order valence-corrected chi connectivity index (χ4v) is 4.13. The minimum absolute atomic E-state index is 1.09. The summed E-state index contributed by atoms with van der Waals surface area (Å²) in [5.41, 5.74) is 7.67. The number of hydrogen-bond donors (Lipinski definition) is 0. The maximum absolute atomic E-state index is 4.70. The van der Waals surface area contributed by atoms with Gasteiger partial charge in [-0.2, -0.15) is 0 Å². The third kappa shape index (κ3) is 7.65. The van der Waals surface area contributed by atoms with Crippen molar-refractivity contribution in [3.63, 3.8) is 0 Å². The van der Waals surface area contributed by atoms with Crippen molar-refractivity contribution in [1.82, 2.24) is 4.98 Å². The Hall–Kier alpha value is -2.41. The summed E-state index contributed by atoms with van der Waals surface area (Å²) in [7, 11) is 0. The average molecular weight is 414 g/mol. The Morgan fingerprint density at radius 1 is 0.484 bits per heavy atom. The van der Waals surface area contributed by atoms with Crippen LogP contribution in [0, 0.1) is 0 Å². The molecule has 0 saturated heterocycles. The van der Waals surface area contributed by atoms with E-state index >= 15 is 0 Å². The van der Waals surface area contributed by atoms with Gasteiger partial charge in [-0.1, -0.05) is 113 Å². The topological polar surface area (TPSA) is 12.9 Å². The monoisotopic (exact) mass is 413 g/mol. The van der Waals surface area contributed by atoms with Crippen molar-refractivity contribution in [2.45, 2.75) is 84.5 Å². The standard InChI is InChI=1S/C30H39N/c1-3-5-7-9-11-13-30-23-22-29(24-31-30)28-20-18-27(19-21-28)26-16-14-25(15-17-26)12-10-8-6-4-2/h14-24H,3-13H2,1-2H3. The van der Waals surface area contributed by atoms with E-state index < -0.39 is 0 Å². The van der Waals surface area contributed by atoms with Crippen LogP contribution in [-0.2, 0) is 12.8 Å². The van der Waals surface area contributed by atoms with Crippen LogP contribution >= 0.6 is 0 Å². The molecule has 3 rings (SSSR count). The van der Waals surface area contributed by atoms with Crippen molar-refractivity contribution >= 4 is 0 Å². The van der Waals surface area contributed by atoms with Gasteiger partial charge in [0.1, 0.15) is 0 Å². The average Bonchev–Trinajstić information content (AvgIpc) is 2.83. The third-order valence-corrected chi connectivity index (χ3v) is 6.19. The number of aromatic nitrogens is 1. The van der Waals surface area contributed by atoms with Gasteiger partial charge in [0.15, 0.2) is 0 Å². The molecule has 0 bridgehead atoms. The molecule has 1 nitrogen and oxygen atoms in total. The molecule has 0 N–H and O–H groups in total. The number of nitrogens with zero attached hydrogens (tertiary/aromatic N) is 1. The Labute approximate surface area is 190 Å². The summed E-state index contributed by atoms with van der Waals surface area (Å²) in [6.45, 7) is 4.53. The second-order valence-corrected chi connectivity index (χ2v) is 8.79. The van der Waals surface area contributed by atoms with Gasteiger partial charge in [-0.15, -0.1) is 0 Å². The number of hydrogen-bond acceptors (Lipinski definition) is 1. The van der Waals surface area contributed by atoms with E-state index in [-0.39, 0.29) is 0 Å². The van der Waals surface area contributed by atoms with Crippen LogP contribution in [0.15, 0.2) is 66.9 Å². The molecule has 31 heavy (non-hydrogen) atoms. The van der Waals surface area contributed by atoms with Crippen LogP contribution < -0.4 is 0 Å². The molecule has 0 radical (unpaired) electrons. The molecule has 0 aliphatic carbocycles. The normalized spacial score (nSPS) is 11.0. The maximum Gasteiger partial charge on any atom is 0.0404 e. The number of benzene rings is 2. The number of unbranched alkanes of at least 4 members (excludes halogenated alkanes) is 7. The number of aryl methyl sites for hydroxylation is 2. The van der Waals surface area contributed by atoms with E-state index in [0.29, 0.717) is 0 Å². The zero-order chi connectivity index (χ0) is 21.7. The van der Waals surface area contributed by atoms with Gasteiger partial charge in [0.2, 0.25) is 0 Å². The quantitative estimate of drug-likeness (QED) is 0.255. The van der Waals surface area contributed by atoms with E-state index in [1.54, 1.807) is 0 Å². The van der Waals surface area contributed by atoms with Crippen molar-refractivity contribution in [2.24, 2.45) is 0 Å². The Kier molecular flexibility index (Phi) is 9.83. The first-order chi connectivity index (χ1) is 15.3. The molecule has 164 valence electrons. The highest BCUT2D eigenvalue weighted by molar-refractivity contribution is 5.70. The molecule has 3 aromatic rings.